The third-order valence-corrected chi connectivity index (χ3v) is 3.18. The van der Waals surface area contributed by atoms with Crippen LogP contribution in [0.4, 0.5) is 0 Å². The summed E-state index contributed by atoms with van der Waals surface area (Å²) in [6.07, 6.45) is 9.33. The largest absolute Gasteiger partial charge is 0.313 e. The van der Waals surface area contributed by atoms with E-state index >= 15 is 0 Å². The van der Waals surface area contributed by atoms with Crippen LogP contribution in [0.3, 0.4) is 0 Å². The Morgan fingerprint density at radius 3 is 2.80 bits per heavy atom. The van der Waals surface area contributed by atoms with Crippen molar-refractivity contribution in [2.75, 3.05) is 20.6 Å². The Morgan fingerprint density at radius 1 is 1.60 bits per heavy atom. The number of nitrogens with zero attached hydrogens (tertiary/aromatic N) is 1. The summed E-state index contributed by atoms with van der Waals surface area (Å²) in [7, 11) is 4.22. The van der Waals surface area contributed by atoms with Gasteiger partial charge in [0.25, 0.3) is 0 Å². The molecule has 0 saturated heterocycles. The third kappa shape index (κ3) is 3.47. The Kier molecular flexibility index (Phi) is 5.06. The van der Waals surface area contributed by atoms with Gasteiger partial charge in [0.1, 0.15) is 0 Å². The molecule has 2 heteroatoms. The molecule has 1 rings (SSSR count). The van der Waals surface area contributed by atoms with Crippen molar-refractivity contribution in [2.24, 2.45) is 0 Å². The molecule has 1 aliphatic carbocycles. The molecule has 2 atom stereocenters. The van der Waals surface area contributed by atoms with Gasteiger partial charge in [0, 0.05) is 12.1 Å². The zero-order chi connectivity index (χ0) is 11.3. The van der Waals surface area contributed by atoms with E-state index < -0.39 is 0 Å². The van der Waals surface area contributed by atoms with Crippen LogP contribution >= 0.6 is 0 Å². The highest BCUT2D eigenvalue weighted by Gasteiger charge is 2.14. The van der Waals surface area contributed by atoms with Gasteiger partial charge in [-0.15, -0.1) is 0 Å². The van der Waals surface area contributed by atoms with E-state index in [1.807, 2.05) is 7.05 Å². The van der Waals surface area contributed by atoms with Crippen molar-refractivity contribution in [2.45, 2.75) is 38.8 Å². The first kappa shape index (κ1) is 12.5. The zero-order valence-electron chi connectivity index (χ0n) is 10.5. The fourth-order valence-electron chi connectivity index (χ4n) is 1.96. The van der Waals surface area contributed by atoms with Crippen molar-refractivity contribution in [1.29, 1.82) is 0 Å². The molecule has 0 spiro atoms. The second kappa shape index (κ2) is 6.09. The van der Waals surface area contributed by atoms with Gasteiger partial charge in [-0.05, 0) is 46.0 Å². The van der Waals surface area contributed by atoms with E-state index in [0.29, 0.717) is 12.1 Å². The van der Waals surface area contributed by atoms with Gasteiger partial charge in [-0.2, -0.15) is 0 Å². The molecule has 0 fully saturated rings. The van der Waals surface area contributed by atoms with Crippen molar-refractivity contribution in [3.63, 3.8) is 0 Å². The van der Waals surface area contributed by atoms with Crippen LogP contribution < -0.4 is 5.32 Å². The Morgan fingerprint density at radius 2 is 2.33 bits per heavy atom. The maximum atomic E-state index is 3.27. The van der Waals surface area contributed by atoms with Gasteiger partial charge in [0.05, 0.1) is 0 Å². The summed E-state index contributed by atoms with van der Waals surface area (Å²) in [5.41, 5.74) is 1.42. The second-order valence-corrected chi connectivity index (χ2v) is 4.36. The maximum Gasteiger partial charge on any atom is 0.0313 e. The quantitative estimate of drug-likeness (QED) is 0.745. The summed E-state index contributed by atoms with van der Waals surface area (Å²) in [4.78, 5) is 2.42. The van der Waals surface area contributed by atoms with Crippen LogP contribution in [0.2, 0.25) is 0 Å². The lowest BCUT2D eigenvalue weighted by Gasteiger charge is -2.27. The molecule has 0 heterocycles. The minimum atomic E-state index is 0.471. The molecule has 0 aromatic rings. The average Bonchev–Trinajstić information content (AvgIpc) is 2.28. The summed E-state index contributed by atoms with van der Waals surface area (Å²) in [6, 6.07) is 1.07. The van der Waals surface area contributed by atoms with Crippen LogP contribution in [0.15, 0.2) is 23.8 Å². The van der Waals surface area contributed by atoms with Crippen LogP contribution in [-0.4, -0.2) is 37.6 Å². The predicted molar refractivity (Wildman–Crippen MR) is 67.1 cm³/mol. The van der Waals surface area contributed by atoms with Gasteiger partial charge in [0.15, 0.2) is 0 Å². The average molecular weight is 208 g/mol. The Hall–Kier alpha value is -0.600. The minimum absolute atomic E-state index is 0.471. The monoisotopic (exact) mass is 208 g/mol. The number of hydrogen-bond acceptors (Lipinski definition) is 2. The van der Waals surface area contributed by atoms with Gasteiger partial charge in [-0.3, -0.25) is 4.90 Å². The van der Waals surface area contributed by atoms with Crippen molar-refractivity contribution in [1.82, 2.24) is 10.2 Å². The standard InChI is InChI=1S/C13H24N2/c1-5-10-15(4)13-8-6-12(7-9-13)11(2)14-3/h6-8,11,13-14H,5,9-10H2,1-4H3. The molecule has 86 valence electrons. The van der Waals surface area contributed by atoms with E-state index in [1.165, 1.54) is 18.5 Å². The topological polar surface area (TPSA) is 15.3 Å². The lowest BCUT2D eigenvalue weighted by molar-refractivity contribution is 0.281. The summed E-state index contributed by atoms with van der Waals surface area (Å²) >= 11 is 0. The first-order valence-corrected chi connectivity index (χ1v) is 5.94. The molecule has 0 amide bonds. The summed E-state index contributed by atoms with van der Waals surface area (Å²) in [6.45, 7) is 5.61. The van der Waals surface area contributed by atoms with Crippen LogP contribution in [0.5, 0.6) is 0 Å². The molecule has 0 bridgehead atoms. The lowest BCUT2D eigenvalue weighted by atomic mass is 9.97. The smallest absolute Gasteiger partial charge is 0.0313 e. The summed E-state index contributed by atoms with van der Waals surface area (Å²) in [5, 5.41) is 3.27. The Bertz CT molecular complexity index is 243. The fourth-order valence-corrected chi connectivity index (χ4v) is 1.96. The molecule has 2 unspecified atom stereocenters. The highest BCUT2D eigenvalue weighted by Crippen LogP contribution is 2.17. The van der Waals surface area contributed by atoms with E-state index in [4.69, 9.17) is 0 Å². The van der Waals surface area contributed by atoms with Gasteiger partial charge >= 0.3 is 0 Å². The SMILES string of the molecule is CCCN(C)C1C=CC(C(C)NC)=CC1. The van der Waals surface area contributed by atoms with E-state index in [9.17, 15) is 0 Å². The van der Waals surface area contributed by atoms with Gasteiger partial charge in [-0.1, -0.05) is 25.2 Å². The second-order valence-electron chi connectivity index (χ2n) is 4.36. The molecule has 1 N–H and O–H groups in total. The van der Waals surface area contributed by atoms with Crippen LogP contribution in [0.1, 0.15) is 26.7 Å². The molecule has 0 radical (unpaired) electrons. The van der Waals surface area contributed by atoms with Gasteiger partial charge < -0.3 is 5.32 Å². The van der Waals surface area contributed by atoms with Crippen molar-refractivity contribution in [3.05, 3.63) is 23.8 Å². The first-order chi connectivity index (χ1) is 7.19. The molecular formula is C13H24N2. The first-order valence-electron chi connectivity index (χ1n) is 5.94. The van der Waals surface area contributed by atoms with Crippen molar-refractivity contribution < 1.29 is 0 Å². The molecule has 2 nitrogen and oxygen atoms in total. The molecule has 0 aliphatic heterocycles. The van der Waals surface area contributed by atoms with Crippen molar-refractivity contribution >= 4 is 0 Å². The highest BCUT2D eigenvalue weighted by molar-refractivity contribution is 5.29. The van der Waals surface area contributed by atoms with Crippen LogP contribution in [0.25, 0.3) is 0 Å². The maximum absolute atomic E-state index is 3.27. The minimum Gasteiger partial charge on any atom is -0.313 e. The zero-order valence-corrected chi connectivity index (χ0v) is 10.5. The Balaban J connectivity index is 2.48. The number of hydrogen-bond donors (Lipinski definition) is 1. The highest BCUT2D eigenvalue weighted by atomic mass is 15.1. The van der Waals surface area contributed by atoms with E-state index in [-0.39, 0.29) is 0 Å². The lowest BCUT2D eigenvalue weighted by Crippen LogP contribution is -2.32. The number of likely N-dealkylation sites (N-methyl/N-ethyl adjacent to an activating group) is 2. The van der Waals surface area contributed by atoms with Crippen molar-refractivity contribution in [3.8, 4) is 0 Å². The Labute approximate surface area is 94.0 Å². The van der Waals surface area contributed by atoms with E-state index in [0.717, 1.165) is 6.42 Å². The van der Waals surface area contributed by atoms with Gasteiger partial charge in [-0.25, -0.2) is 0 Å². The predicted octanol–water partition coefficient (Wildman–Crippen LogP) is 2.19. The van der Waals surface area contributed by atoms with Crippen LogP contribution in [-0.2, 0) is 0 Å². The van der Waals surface area contributed by atoms with E-state index in [1.54, 1.807) is 0 Å². The van der Waals surface area contributed by atoms with Crippen LogP contribution in [0, 0.1) is 0 Å². The third-order valence-electron chi connectivity index (χ3n) is 3.18. The summed E-state index contributed by atoms with van der Waals surface area (Å²) < 4.78 is 0. The molecule has 0 saturated carbocycles. The number of nitrogens with one attached hydrogen (secondary N) is 1. The summed E-state index contributed by atoms with van der Waals surface area (Å²) in [5.74, 6) is 0. The molecular weight excluding hydrogens is 184 g/mol. The van der Waals surface area contributed by atoms with Gasteiger partial charge in [0.2, 0.25) is 0 Å². The molecule has 1 aliphatic rings. The molecule has 0 aromatic heterocycles. The molecule has 0 aromatic carbocycles. The normalized spacial score (nSPS) is 23.0. The fraction of sp³-hybridized carbons (Fsp3) is 0.692. The van der Waals surface area contributed by atoms with E-state index in [2.05, 4.69) is 49.3 Å². The molecule has 15 heavy (non-hydrogen) atoms. The number of rotatable bonds is 5.